The lowest BCUT2D eigenvalue weighted by Gasteiger charge is -2.35. The molecule has 1 saturated heterocycles. The topological polar surface area (TPSA) is 76.4 Å². The summed E-state index contributed by atoms with van der Waals surface area (Å²) < 4.78 is 7.20. The molecule has 0 unspecified atom stereocenters. The van der Waals surface area contributed by atoms with E-state index in [0.717, 1.165) is 36.0 Å². The fourth-order valence-corrected chi connectivity index (χ4v) is 3.35. The van der Waals surface area contributed by atoms with Crippen molar-refractivity contribution in [1.82, 2.24) is 24.4 Å². The van der Waals surface area contributed by atoms with Crippen molar-refractivity contribution in [3.05, 3.63) is 60.9 Å². The van der Waals surface area contributed by atoms with Gasteiger partial charge in [0.25, 0.3) is 0 Å². The summed E-state index contributed by atoms with van der Waals surface area (Å²) in [4.78, 5) is 29.5. The maximum absolute atomic E-state index is 12.7. The first kappa shape index (κ1) is 18.0. The summed E-state index contributed by atoms with van der Waals surface area (Å²) >= 11 is 0. The molecule has 1 aromatic carbocycles. The Kier molecular flexibility index (Phi) is 5.18. The van der Waals surface area contributed by atoms with Gasteiger partial charge < -0.3 is 14.5 Å². The van der Waals surface area contributed by atoms with E-state index >= 15 is 0 Å². The Morgan fingerprint density at radius 1 is 1.11 bits per heavy atom. The summed E-state index contributed by atoms with van der Waals surface area (Å²) in [7, 11) is 1.63. The Morgan fingerprint density at radius 3 is 2.64 bits per heavy atom. The van der Waals surface area contributed by atoms with Crippen LogP contribution >= 0.6 is 0 Å². The van der Waals surface area contributed by atoms with Gasteiger partial charge in [-0.05, 0) is 6.07 Å². The van der Waals surface area contributed by atoms with Crippen molar-refractivity contribution in [2.75, 3.05) is 38.2 Å². The van der Waals surface area contributed by atoms with Crippen molar-refractivity contribution in [3.63, 3.8) is 0 Å². The number of benzene rings is 1. The first-order valence-corrected chi connectivity index (χ1v) is 9.19. The van der Waals surface area contributed by atoms with E-state index in [4.69, 9.17) is 4.74 Å². The SMILES string of the molecule is COc1ccccc1CC(=O)N1CCN(c2cc(-n3ccnc3)ncn2)CC1. The van der Waals surface area contributed by atoms with Gasteiger partial charge in [-0.15, -0.1) is 0 Å². The average molecular weight is 378 g/mol. The number of anilines is 1. The lowest BCUT2D eigenvalue weighted by atomic mass is 10.1. The zero-order valence-electron chi connectivity index (χ0n) is 15.7. The van der Waals surface area contributed by atoms with Gasteiger partial charge >= 0.3 is 0 Å². The molecule has 144 valence electrons. The highest BCUT2D eigenvalue weighted by Gasteiger charge is 2.23. The lowest BCUT2D eigenvalue weighted by Crippen LogP contribution is -2.49. The first-order chi connectivity index (χ1) is 13.7. The summed E-state index contributed by atoms with van der Waals surface area (Å²) in [5, 5.41) is 0. The summed E-state index contributed by atoms with van der Waals surface area (Å²) in [6, 6.07) is 9.59. The molecule has 28 heavy (non-hydrogen) atoms. The molecule has 4 rings (SSSR count). The molecule has 0 bridgehead atoms. The van der Waals surface area contributed by atoms with Gasteiger partial charge in [0.05, 0.1) is 13.5 Å². The third-order valence-electron chi connectivity index (χ3n) is 4.90. The fourth-order valence-electron chi connectivity index (χ4n) is 3.35. The quantitative estimate of drug-likeness (QED) is 0.671. The number of amides is 1. The summed E-state index contributed by atoms with van der Waals surface area (Å²) in [6.07, 6.45) is 7.18. The summed E-state index contributed by atoms with van der Waals surface area (Å²) in [5.41, 5.74) is 0.915. The summed E-state index contributed by atoms with van der Waals surface area (Å²) in [5.74, 6) is 2.50. The van der Waals surface area contributed by atoms with Gasteiger partial charge in [-0.1, -0.05) is 18.2 Å². The number of hydrogen-bond acceptors (Lipinski definition) is 6. The second-order valence-electron chi connectivity index (χ2n) is 6.56. The minimum atomic E-state index is 0.117. The molecule has 2 aromatic heterocycles. The Hall–Kier alpha value is -3.42. The van der Waals surface area contributed by atoms with Crippen LogP contribution in [-0.4, -0.2) is 63.6 Å². The van der Waals surface area contributed by atoms with Crippen LogP contribution in [-0.2, 0) is 11.2 Å². The fraction of sp³-hybridized carbons (Fsp3) is 0.300. The van der Waals surface area contributed by atoms with E-state index in [1.54, 1.807) is 26.0 Å². The molecule has 1 amide bonds. The molecule has 0 atom stereocenters. The van der Waals surface area contributed by atoms with E-state index in [1.165, 1.54) is 0 Å². The largest absolute Gasteiger partial charge is 0.496 e. The maximum atomic E-state index is 12.7. The molecular formula is C20H22N6O2. The van der Waals surface area contributed by atoms with Crippen LogP contribution < -0.4 is 9.64 Å². The van der Waals surface area contributed by atoms with Gasteiger partial charge in [-0.25, -0.2) is 15.0 Å². The zero-order valence-corrected chi connectivity index (χ0v) is 15.7. The van der Waals surface area contributed by atoms with Crippen LogP contribution in [0.2, 0.25) is 0 Å². The highest BCUT2D eigenvalue weighted by molar-refractivity contribution is 5.79. The molecule has 0 spiro atoms. The normalized spacial score (nSPS) is 14.2. The van der Waals surface area contributed by atoms with Crippen LogP contribution in [0.15, 0.2) is 55.4 Å². The van der Waals surface area contributed by atoms with Crippen LogP contribution in [0.1, 0.15) is 5.56 Å². The van der Waals surface area contributed by atoms with Gasteiger partial charge in [0.2, 0.25) is 5.91 Å². The van der Waals surface area contributed by atoms with E-state index < -0.39 is 0 Å². The number of imidazole rings is 1. The number of para-hydroxylation sites is 1. The molecule has 1 aliphatic rings. The van der Waals surface area contributed by atoms with Crippen molar-refractivity contribution >= 4 is 11.7 Å². The van der Waals surface area contributed by atoms with E-state index in [-0.39, 0.29) is 5.91 Å². The van der Waals surface area contributed by atoms with Crippen LogP contribution in [0.25, 0.3) is 5.82 Å². The standard InChI is InChI=1S/C20H22N6O2/c1-28-17-5-3-2-4-16(17)12-20(27)25-10-8-24(9-11-25)18-13-19(23-14-22-18)26-7-6-21-15-26/h2-7,13-15H,8-12H2,1H3. The van der Waals surface area contributed by atoms with Gasteiger partial charge in [-0.2, -0.15) is 0 Å². The number of carbonyl (C=O) groups is 1. The van der Waals surface area contributed by atoms with Crippen LogP contribution in [0.5, 0.6) is 5.75 Å². The van der Waals surface area contributed by atoms with Crippen molar-refractivity contribution in [3.8, 4) is 11.6 Å². The molecule has 1 aliphatic heterocycles. The molecule has 0 aliphatic carbocycles. The average Bonchev–Trinajstić information content (AvgIpc) is 3.29. The maximum Gasteiger partial charge on any atom is 0.227 e. The number of piperazine rings is 1. The lowest BCUT2D eigenvalue weighted by molar-refractivity contribution is -0.130. The number of methoxy groups -OCH3 is 1. The monoisotopic (exact) mass is 378 g/mol. The number of nitrogens with zero attached hydrogens (tertiary/aromatic N) is 6. The number of aromatic nitrogens is 4. The Labute approximate surface area is 163 Å². The molecule has 8 nitrogen and oxygen atoms in total. The second kappa shape index (κ2) is 8.08. The number of ether oxygens (including phenoxy) is 1. The molecule has 1 fully saturated rings. The van der Waals surface area contributed by atoms with E-state index in [1.807, 2.05) is 46.0 Å². The van der Waals surface area contributed by atoms with E-state index in [2.05, 4.69) is 19.9 Å². The minimum absolute atomic E-state index is 0.117. The minimum Gasteiger partial charge on any atom is -0.496 e. The predicted octanol–water partition coefficient (Wildman–Crippen LogP) is 1.56. The number of hydrogen-bond donors (Lipinski definition) is 0. The van der Waals surface area contributed by atoms with E-state index in [0.29, 0.717) is 19.5 Å². The van der Waals surface area contributed by atoms with Crippen LogP contribution in [0.3, 0.4) is 0 Å². The highest BCUT2D eigenvalue weighted by Crippen LogP contribution is 2.20. The number of carbonyl (C=O) groups excluding carboxylic acids is 1. The molecule has 0 saturated carbocycles. The summed E-state index contributed by atoms with van der Waals surface area (Å²) in [6.45, 7) is 2.80. The molecule has 8 heteroatoms. The molecule has 3 aromatic rings. The third kappa shape index (κ3) is 3.80. The van der Waals surface area contributed by atoms with Crippen LogP contribution in [0.4, 0.5) is 5.82 Å². The Balaban J connectivity index is 1.38. The number of rotatable bonds is 5. The Morgan fingerprint density at radius 2 is 1.89 bits per heavy atom. The Bertz CT molecular complexity index is 935. The first-order valence-electron chi connectivity index (χ1n) is 9.19. The molecular weight excluding hydrogens is 356 g/mol. The third-order valence-corrected chi connectivity index (χ3v) is 4.90. The van der Waals surface area contributed by atoms with Crippen molar-refractivity contribution in [1.29, 1.82) is 0 Å². The predicted molar refractivity (Wildman–Crippen MR) is 105 cm³/mol. The highest BCUT2D eigenvalue weighted by atomic mass is 16.5. The van der Waals surface area contributed by atoms with Gasteiger partial charge in [0, 0.05) is 50.2 Å². The molecule has 0 N–H and O–H groups in total. The smallest absolute Gasteiger partial charge is 0.227 e. The molecule has 0 radical (unpaired) electrons. The van der Waals surface area contributed by atoms with Gasteiger partial charge in [0.1, 0.15) is 30.0 Å². The van der Waals surface area contributed by atoms with Gasteiger partial charge in [0.15, 0.2) is 0 Å². The zero-order chi connectivity index (χ0) is 19.3. The van der Waals surface area contributed by atoms with Crippen molar-refractivity contribution in [2.24, 2.45) is 0 Å². The second-order valence-corrected chi connectivity index (χ2v) is 6.56. The van der Waals surface area contributed by atoms with Crippen LogP contribution in [0, 0.1) is 0 Å². The van der Waals surface area contributed by atoms with E-state index in [9.17, 15) is 4.79 Å². The molecule has 3 heterocycles. The van der Waals surface area contributed by atoms with Crippen molar-refractivity contribution in [2.45, 2.75) is 6.42 Å². The van der Waals surface area contributed by atoms with Crippen molar-refractivity contribution < 1.29 is 9.53 Å². The van der Waals surface area contributed by atoms with Gasteiger partial charge in [-0.3, -0.25) is 9.36 Å².